The molecule has 0 radical (unpaired) electrons. The van der Waals surface area contributed by atoms with Gasteiger partial charge in [-0.25, -0.2) is 6.57 Å². The van der Waals surface area contributed by atoms with E-state index in [1.807, 2.05) is 0 Å². The SMILES string of the molecule is [C-]#[N+]C(C#N)C(C)(C)C(=O)OCC. The van der Waals surface area contributed by atoms with Crippen LogP contribution in [0.25, 0.3) is 4.85 Å². The van der Waals surface area contributed by atoms with Gasteiger partial charge in [-0.1, -0.05) is 0 Å². The summed E-state index contributed by atoms with van der Waals surface area (Å²) in [5, 5.41) is 8.61. The molecule has 0 aliphatic rings. The minimum atomic E-state index is -1.05. The molecular weight excluding hydrogens is 168 g/mol. The molecule has 0 spiro atoms. The first kappa shape index (κ1) is 11.4. The van der Waals surface area contributed by atoms with Gasteiger partial charge in [0.2, 0.25) is 0 Å². The maximum atomic E-state index is 11.3. The van der Waals surface area contributed by atoms with Crippen molar-refractivity contribution in [3.8, 4) is 6.07 Å². The molecule has 0 aliphatic carbocycles. The number of hydrogen-bond acceptors (Lipinski definition) is 3. The minimum absolute atomic E-state index is 0.262. The van der Waals surface area contributed by atoms with E-state index in [2.05, 4.69) is 4.85 Å². The molecule has 0 aromatic rings. The first-order valence-electron chi connectivity index (χ1n) is 3.94. The van der Waals surface area contributed by atoms with Gasteiger partial charge in [-0.2, -0.15) is 5.26 Å². The number of esters is 1. The largest absolute Gasteiger partial charge is 0.465 e. The first-order valence-corrected chi connectivity index (χ1v) is 3.94. The molecule has 70 valence electrons. The fourth-order valence-corrected chi connectivity index (χ4v) is 0.780. The third kappa shape index (κ3) is 2.45. The molecule has 1 unspecified atom stereocenters. The molecule has 0 N–H and O–H groups in total. The molecule has 0 saturated carbocycles. The van der Waals surface area contributed by atoms with E-state index in [0.29, 0.717) is 0 Å². The van der Waals surface area contributed by atoms with Crippen LogP contribution in [0.1, 0.15) is 20.8 Å². The summed E-state index contributed by atoms with van der Waals surface area (Å²) in [5.41, 5.74) is -1.05. The number of carbonyl (C=O) groups excluding carboxylic acids is 1. The van der Waals surface area contributed by atoms with E-state index in [1.165, 1.54) is 13.8 Å². The van der Waals surface area contributed by atoms with Gasteiger partial charge in [-0.15, -0.1) is 0 Å². The molecular formula is C9H12N2O2. The van der Waals surface area contributed by atoms with Gasteiger partial charge in [0.25, 0.3) is 0 Å². The van der Waals surface area contributed by atoms with Gasteiger partial charge >= 0.3 is 12.0 Å². The second kappa shape index (κ2) is 4.47. The van der Waals surface area contributed by atoms with Gasteiger partial charge in [0.1, 0.15) is 0 Å². The number of rotatable bonds is 3. The van der Waals surface area contributed by atoms with Crippen LogP contribution in [0.15, 0.2) is 0 Å². The van der Waals surface area contributed by atoms with Crippen molar-refractivity contribution in [2.45, 2.75) is 26.8 Å². The number of nitrogens with zero attached hydrogens (tertiary/aromatic N) is 2. The summed E-state index contributed by atoms with van der Waals surface area (Å²) >= 11 is 0. The molecule has 0 rings (SSSR count). The summed E-state index contributed by atoms with van der Waals surface area (Å²) in [5.74, 6) is -0.502. The summed E-state index contributed by atoms with van der Waals surface area (Å²) in [6.45, 7) is 11.8. The molecule has 0 aliphatic heterocycles. The standard InChI is InChI=1S/C9H12N2O2/c1-5-13-8(12)9(2,3)7(6-10)11-4/h7H,5H2,1-3H3. The lowest BCUT2D eigenvalue weighted by Gasteiger charge is -2.18. The van der Waals surface area contributed by atoms with Crippen molar-refractivity contribution in [1.29, 1.82) is 5.26 Å². The average molecular weight is 180 g/mol. The van der Waals surface area contributed by atoms with Crippen LogP contribution < -0.4 is 0 Å². The van der Waals surface area contributed by atoms with E-state index < -0.39 is 17.4 Å². The van der Waals surface area contributed by atoms with Crippen molar-refractivity contribution in [2.24, 2.45) is 5.41 Å². The highest BCUT2D eigenvalue weighted by Gasteiger charge is 2.43. The van der Waals surface area contributed by atoms with Gasteiger partial charge < -0.3 is 4.74 Å². The molecule has 1 atom stereocenters. The van der Waals surface area contributed by atoms with E-state index >= 15 is 0 Å². The molecule has 4 nitrogen and oxygen atoms in total. The van der Waals surface area contributed by atoms with Crippen LogP contribution in [0, 0.1) is 23.3 Å². The van der Waals surface area contributed by atoms with Gasteiger partial charge in [-0.3, -0.25) is 9.64 Å². The maximum absolute atomic E-state index is 11.3. The Morgan fingerprint density at radius 1 is 1.77 bits per heavy atom. The summed E-state index contributed by atoms with van der Waals surface area (Å²) < 4.78 is 4.76. The molecule has 0 aromatic heterocycles. The number of hydrogen-bond donors (Lipinski definition) is 0. The van der Waals surface area contributed by atoms with Crippen LogP contribution in [-0.4, -0.2) is 18.6 Å². The summed E-state index contributed by atoms with van der Waals surface area (Å²) in [6, 6.07) is 0.796. The molecule has 0 amide bonds. The van der Waals surface area contributed by atoms with E-state index in [4.69, 9.17) is 16.6 Å². The lowest BCUT2D eigenvalue weighted by molar-refractivity contribution is -0.153. The molecule has 0 heterocycles. The van der Waals surface area contributed by atoms with Gasteiger partial charge in [0, 0.05) is 0 Å². The van der Waals surface area contributed by atoms with E-state index in [0.717, 1.165) is 0 Å². The van der Waals surface area contributed by atoms with Crippen LogP contribution in [0.5, 0.6) is 0 Å². The molecule has 0 bridgehead atoms. The van der Waals surface area contributed by atoms with Crippen molar-refractivity contribution in [2.75, 3.05) is 6.61 Å². The first-order chi connectivity index (χ1) is 6.00. The summed E-state index contributed by atoms with van der Waals surface area (Å²) in [7, 11) is 0. The van der Waals surface area contributed by atoms with Gasteiger partial charge in [-0.05, 0) is 20.8 Å². The third-order valence-electron chi connectivity index (χ3n) is 1.74. The van der Waals surface area contributed by atoms with E-state index in [-0.39, 0.29) is 6.61 Å². The molecule has 0 saturated heterocycles. The van der Waals surface area contributed by atoms with E-state index in [9.17, 15) is 4.79 Å². The molecule has 13 heavy (non-hydrogen) atoms. The Labute approximate surface area is 77.9 Å². The zero-order chi connectivity index (χ0) is 10.5. The predicted octanol–water partition coefficient (Wildman–Crippen LogP) is 1.39. The molecule has 0 aromatic carbocycles. The Morgan fingerprint density at radius 3 is 2.62 bits per heavy atom. The number of ether oxygens (including phenoxy) is 1. The highest BCUT2D eigenvalue weighted by Crippen LogP contribution is 2.24. The topological polar surface area (TPSA) is 54.5 Å². The smallest absolute Gasteiger partial charge is 0.322 e. The van der Waals surface area contributed by atoms with Crippen LogP contribution in [0.4, 0.5) is 0 Å². The molecule has 0 fully saturated rings. The Morgan fingerprint density at radius 2 is 2.31 bits per heavy atom. The predicted molar refractivity (Wildman–Crippen MR) is 46.4 cm³/mol. The van der Waals surface area contributed by atoms with Gasteiger partial charge in [0.05, 0.1) is 6.61 Å². The van der Waals surface area contributed by atoms with Crippen molar-refractivity contribution in [3.05, 3.63) is 11.4 Å². The lowest BCUT2D eigenvalue weighted by Crippen LogP contribution is -2.35. The zero-order valence-electron chi connectivity index (χ0n) is 8.00. The summed E-state index contributed by atoms with van der Waals surface area (Å²) in [6.07, 6.45) is 0. The van der Waals surface area contributed by atoms with Crippen LogP contribution >= 0.6 is 0 Å². The average Bonchev–Trinajstić information content (AvgIpc) is 2.06. The van der Waals surface area contributed by atoms with Crippen molar-refractivity contribution in [1.82, 2.24) is 0 Å². The Hall–Kier alpha value is -1.55. The van der Waals surface area contributed by atoms with Crippen LogP contribution in [-0.2, 0) is 9.53 Å². The van der Waals surface area contributed by atoms with Crippen molar-refractivity contribution >= 4 is 5.97 Å². The van der Waals surface area contributed by atoms with Crippen molar-refractivity contribution in [3.63, 3.8) is 0 Å². The zero-order valence-corrected chi connectivity index (χ0v) is 8.00. The van der Waals surface area contributed by atoms with Crippen molar-refractivity contribution < 1.29 is 9.53 Å². The van der Waals surface area contributed by atoms with Gasteiger partial charge in [0.15, 0.2) is 11.5 Å². The molecule has 4 heteroatoms. The van der Waals surface area contributed by atoms with Crippen LogP contribution in [0.2, 0.25) is 0 Å². The highest BCUT2D eigenvalue weighted by atomic mass is 16.5. The maximum Gasteiger partial charge on any atom is 0.322 e. The second-order valence-corrected chi connectivity index (χ2v) is 3.10. The summed E-state index contributed by atoms with van der Waals surface area (Å²) in [4.78, 5) is 14.4. The Bertz CT molecular complexity index is 256. The number of carbonyl (C=O) groups is 1. The van der Waals surface area contributed by atoms with E-state index in [1.54, 1.807) is 13.0 Å². The monoisotopic (exact) mass is 180 g/mol. The minimum Gasteiger partial charge on any atom is -0.465 e. The fraction of sp³-hybridized carbons (Fsp3) is 0.667. The normalized spacial score (nSPS) is 12.4. The lowest BCUT2D eigenvalue weighted by atomic mass is 9.86. The highest BCUT2D eigenvalue weighted by molar-refractivity contribution is 5.77. The van der Waals surface area contributed by atoms with Crippen LogP contribution in [0.3, 0.4) is 0 Å². The Kier molecular flexibility index (Phi) is 3.94. The third-order valence-corrected chi connectivity index (χ3v) is 1.74. The number of nitriles is 1. The Balaban J connectivity index is 4.67. The second-order valence-electron chi connectivity index (χ2n) is 3.10. The quantitative estimate of drug-likeness (QED) is 0.487. The fourth-order valence-electron chi connectivity index (χ4n) is 0.780.